The molecule has 13 nitrogen and oxygen atoms in total. The van der Waals surface area contributed by atoms with Gasteiger partial charge in [0.05, 0.1) is 49.5 Å². The van der Waals surface area contributed by atoms with Gasteiger partial charge in [-0.25, -0.2) is 27.6 Å². The fourth-order valence-electron chi connectivity index (χ4n) is 4.91. The zero-order chi connectivity index (χ0) is 37.0. The zero-order valence-electron chi connectivity index (χ0n) is 27.3. The van der Waals surface area contributed by atoms with Crippen molar-refractivity contribution in [1.82, 2.24) is 14.8 Å². The number of aromatic nitrogens is 3. The Kier molecular flexibility index (Phi) is 13.8. The van der Waals surface area contributed by atoms with Gasteiger partial charge in [0.1, 0.15) is 30.1 Å². The molecule has 4 rings (SSSR count). The van der Waals surface area contributed by atoms with E-state index in [9.17, 15) is 23.2 Å². The second kappa shape index (κ2) is 18.2. The first-order chi connectivity index (χ1) is 24.4. The first-order valence-corrected chi connectivity index (χ1v) is 16.3. The number of carbonyl (C=O) groups is 3. The maximum Gasteiger partial charge on any atom is 0.512 e. The Balaban J connectivity index is 1.48. The van der Waals surface area contributed by atoms with Crippen LogP contribution in [0.25, 0.3) is 6.08 Å². The van der Waals surface area contributed by atoms with E-state index in [4.69, 9.17) is 34.1 Å². The lowest BCUT2D eigenvalue weighted by Gasteiger charge is -2.40. The summed E-state index contributed by atoms with van der Waals surface area (Å²) in [5, 5.41) is 20.6. The molecule has 0 saturated carbocycles. The van der Waals surface area contributed by atoms with Gasteiger partial charge in [-0.05, 0) is 37.3 Å². The van der Waals surface area contributed by atoms with Crippen LogP contribution in [-0.4, -0.2) is 74.3 Å². The summed E-state index contributed by atoms with van der Waals surface area (Å²) < 4.78 is 72.6. The third-order valence-corrected chi connectivity index (χ3v) is 8.80. The van der Waals surface area contributed by atoms with Gasteiger partial charge in [-0.1, -0.05) is 24.3 Å². The van der Waals surface area contributed by atoms with Gasteiger partial charge < -0.3 is 28.8 Å². The minimum atomic E-state index is -1.93. The van der Waals surface area contributed by atoms with Crippen LogP contribution in [0.15, 0.2) is 67.3 Å². The largest absolute Gasteiger partial charge is 0.512 e. The highest BCUT2D eigenvalue weighted by atomic mass is 32.2. The van der Waals surface area contributed by atoms with Gasteiger partial charge in [-0.15, -0.1) is 11.8 Å². The number of benzene rings is 2. The van der Waals surface area contributed by atoms with Gasteiger partial charge in [0.15, 0.2) is 11.9 Å². The molecule has 2 heterocycles. The summed E-state index contributed by atoms with van der Waals surface area (Å²) in [6.07, 6.45) is 4.26. The van der Waals surface area contributed by atoms with Crippen molar-refractivity contribution in [2.24, 2.45) is 0 Å². The summed E-state index contributed by atoms with van der Waals surface area (Å²) in [7, 11) is 0. The van der Waals surface area contributed by atoms with E-state index < -0.39 is 71.8 Å². The van der Waals surface area contributed by atoms with Crippen LogP contribution >= 0.6 is 11.8 Å². The number of carbonyl (C=O) groups excluding carboxylic acids is 2. The molecule has 0 spiro atoms. The van der Waals surface area contributed by atoms with Crippen molar-refractivity contribution >= 4 is 35.9 Å². The number of thioether (sulfide) groups is 1. The van der Waals surface area contributed by atoms with E-state index in [2.05, 4.69) is 10.1 Å². The van der Waals surface area contributed by atoms with Crippen LogP contribution in [0.4, 0.5) is 18.0 Å². The highest BCUT2D eigenvalue weighted by molar-refractivity contribution is 8.00. The molecule has 3 atom stereocenters. The second-order valence-electron chi connectivity index (χ2n) is 11.1. The number of ether oxygens (including phenoxy) is 5. The van der Waals surface area contributed by atoms with Crippen LogP contribution in [0, 0.1) is 28.8 Å². The number of hydrogen-bond acceptors (Lipinski definition) is 12. The van der Waals surface area contributed by atoms with Crippen molar-refractivity contribution in [3.8, 4) is 6.07 Å². The summed E-state index contributed by atoms with van der Waals surface area (Å²) in [5.41, 5.74) is -1.65. The molecular weight excluding hydrogens is 697 g/mol. The summed E-state index contributed by atoms with van der Waals surface area (Å²) in [6.45, 7) is 2.84. The molecule has 3 aromatic rings. The fourth-order valence-corrected chi connectivity index (χ4v) is 6.27. The molecule has 1 saturated heterocycles. The molecule has 1 N–H and O–H groups in total. The molecule has 2 aromatic carbocycles. The molecule has 0 bridgehead atoms. The number of nitrogens with zero attached hydrogens (tertiary/aromatic N) is 4. The van der Waals surface area contributed by atoms with E-state index in [0.717, 1.165) is 18.2 Å². The van der Waals surface area contributed by atoms with Gasteiger partial charge in [0.2, 0.25) is 6.29 Å². The number of esters is 1. The van der Waals surface area contributed by atoms with Crippen LogP contribution in [-0.2, 0) is 45.4 Å². The molecule has 1 aromatic heterocycles. The van der Waals surface area contributed by atoms with Gasteiger partial charge in [-0.3, -0.25) is 9.59 Å². The summed E-state index contributed by atoms with van der Waals surface area (Å²) in [5.74, 6) is -4.61. The molecule has 270 valence electrons. The first kappa shape index (κ1) is 38.6. The lowest BCUT2D eigenvalue weighted by Crippen LogP contribution is -2.47. The average Bonchev–Trinajstić information content (AvgIpc) is 3.59. The number of carboxylic acid groups (broad SMARTS) is 1. The normalized spacial score (nSPS) is 18.4. The molecule has 1 fully saturated rings. The van der Waals surface area contributed by atoms with Crippen LogP contribution in [0.1, 0.15) is 43.4 Å². The van der Waals surface area contributed by atoms with Gasteiger partial charge in [0.25, 0.3) is 0 Å². The van der Waals surface area contributed by atoms with Crippen molar-refractivity contribution in [3.05, 3.63) is 101 Å². The van der Waals surface area contributed by atoms with Gasteiger partial charge in [0, 0.05) is 29.4 Å². The Labute approximate surface area is 294 Å². The minimum Gasteiger partial charge on any atom is -0.481 e. The first-order valence-electron chi connectivity index (χ1n) is 15.4. The molecular formula is C34H33F3N4O9S. The van der Waals surface area contributed by atoms with Crippen molar-refractivity contribution in [3.63, 3.8) is 0 Å². The lowest BCUT2D eigenvalue weighted by atomic mass is 9.89. The van der Waals surface area contributed by atoms with E-state index in [1.807, 2.05) is 6.07 Å². The maximum absolute atomic E-state index is 15.6. The van der Waals surface area contributed by atoms with Crippen LogP contribution in [0.2, 0.25) is 0 Å². The fraction of sp³-hybridized carbons (Fsp3) is 0.353. The molecule has 1 aliphatic heterocycles. The molecule has 0 radical (unpaired) electrons. The van der Waals surface area contributed by atoms with E-state index in [0.29, 0.717) is 11.6 Å². The Morgan fingerprint density at radius 2 is 1.86 bits per heavy atom. The highest BCUT2D eigenvalue weighted by Gasteiger charge is 2.47. The Bertz CT molecular complexity index is 1780. The lowest BCUT2D eigenvalue weighted by molar-refractivity contribution is -0.173. The summed E-state index contributed by atoms with van der Waals surface area (Å²) in [4.78, 5) is 39.9. The molecule has 1 aliphatic rings. The van der Waals surface area contributed by atoms with Gasteiger partial charge in [-0.2, -0.15) is 10.4 Å². The van der Waals surface area contributed by atoms with E-state index >= 15 is 4.39 Å². The van der Waals surface area contributed by atoms with E-state index in [1.165, 1.54) is 54.2 Å². The van der Waals surface area contributed by atoms with E-state index in [-0.39, 0.29) is 36.1 Å². The molecule has 3 unspecified atom stereocenters. The minimum absolute atomic E-state index is 0.150. The monoisotopic (exact) mass is 730 g/mol. The summed E-state index contributed by atoms with van der Waals surface area (Å²) in [6, 6.07) is 8.77. The van der Waals surface area contributed by atoms with E-state index in [1.54, 1.807) is 25.2 Å². The number of halogens is 3. The quantitative estimate of drug-likeness (QED) is 0.118. The number of rotatable bonds is 15. The Hall–Kier alpha value is -5.18. The van der Waals surface area contributed by atoms with Crippen molar-refractivity contribution in [2.45, 2.75) is 61.9 Å². The van der Waals surface area contributed by atoms with Crippen molar-refractivity contribution in [1.29, 1.82) is 5.26 Å². The molecule has 17 heteroatoms. The predicted octanol–water partition coefficient (Wildman–Crippen LogP) is 5.50. The Morgan fingerprint density at radius 3 is 2.51 bits per heavy atom. The van der Waals surface area contributed by atoms with Crippen molar-refractivity contribution in [2.75, 3.05) is 13.2 Å². The number of allylic oxidation sites excluding steroid dienone is 2. The zero-order valence-corrected chi connectivity index (χ0v) is 28.1. The standard InChI is InChI=1S/C34H33F3N4O9S/c1-21(51-26-16-46-32(47-17-26)6-4-3-5-24-8-7-23(15-38)13-28(24)36)34(18-41-20-39-19-40-41,27-10-9-25(35)14-29(27)37)50-33(45)49-22(2)48-31(44)12-11-30(42)43/h3-10,13-14,19-22,26,32H,11-12,16-18H2,1-2H3,(H,42,43). The summed E-state index contributed by atoms with van der Waals surface area (Å²) >= 11 is 1.22. The van der Waals surface area contributed by atoms with Crippen LogP contribution < -0.4 is 0 Å². The number of nitriles is 1. The molecule has 0 amide bonds. The highest BCUT2D eigenvalue weighted by Crippen LogP contribution is 2.42. The van der Waals surface area contributed by atoms with Crippen LogP contribution in [0.3, 0.4) is 0 Å². The molecule has 0 aliphatic carbocycles. The smallest absolute Gasteiger partial charge is 0.481 e. The second-order valence-corrected chi connectivity index (χ2v) is 12.7. The maximum atomic E-state index is 15.6. The predicted molar refractivity (Wildman–Crippen MR) is 174 cm³/mol. The number of aliphatic carboxylic acids is 1. The number of hydrogen-bond donors (Lipinski definition) is 1. The van der Waals surface area contributed by atoms with Crippen LogP contribution in [0.5, 0.6) is 0 Å². The average molecular weight is 731 g/mol. The SMILES string of the molecule is CC(OC(=O)CCC(=O)O)OC(=O)OC(Cn1cncn1)(c1ccc(F)cc1F)C(C)SC1COC(C=CC=Cc2ccc(C#N)cc2F)OC1. The number of carboxylic acids is 1. The topological polar surface area (TPSA) is 172 Å². The van der Waals surface area contributed by atoms with Gasteiger partial charge >= 0.3 is 18.1 Å². The third-order valence-electron chi connectivity index (χ3n) is 7.35. The Morgan fingerprint density at radius 1 is 1.10 bits per heavy atom. The third kappa shape index (κ3) is 11.2. The molecule has 51 heavy (non-hydrogen) atoms. The van der Waals surface area contributed by atoms with Crippen molar-refractivity contribution < 1.29 is 56.3 Å².